The Hall–Kier alpha value is -1.30. The Morgan fingerprint density at radius 1 is 1.32 bits per heavy atom. The van der Waals surface area contributed by atoms with Crippen molar-refractivity contribution in [2.45, 2.75) is 32.0 Å². The molecule has 0 aliphatic rings. The average Bonchev–Trinajstić information content (AvgIpc) is 2.24. The molecule has 0 aromatic heterocycles. The number of hydrogen-bond donors (Lipinski definition) is 1. The fourth-order valence-corrected chi connectivity index (χ4v) is 1.85. The van der Waals surface area contributed by atoms with Gasteiger partial charge in [0.1, 0.15) is 5.82 Å². The van der Waals surface area contributed by atoms with Crippen molar-refractivity contribution in [3.8, 4) is 0 Å². The molecule has 0 aliphatic carbocycles. The van der Waals surface area contributed by atoms with Gasteiger partial charge in [-0.1, -0.05) is 0 Å². The molecule has 0 heterocycles. The van der Waals surface area contributed by atoms with Gasteiger partial charge in [-0.2, -0.15) is 13.2 Å². The van der Waals surface area contributed by atoms with Gasteiger partial charge in [-0.25, -0.2) is 4.39 Å². The third-order valence-corrected chi connectivity index (χ3v) is 2.73. The molecule has 0 saturated carbocycles. The average molecular weight is 278 g/mol. The number of anilines is 1. The summed E-state index contributed by atoms with van der Waals surface area (Å²) in [6.07, 6.45) is -4.68. The van der Waals surface area contributed by atoms with Gasteiger partial charge in [0.05, 0.1) is 6.42 Å². The molecule has 0 saturated heterocycles. The first kappa shape index (κ1) is 15.8. The molecule has 1 aromatic carbocycles. The van der Waals surface area contributed by atoms with Crippen molar-refractivity contribution in [3.63, 3.8) is 0 Å². The van der Waals surface area contributed by atoms with E-state index in [0.717, 1.165) is 0 Å². The predicted octanol–water partition coefficient (Wildman–Crippen LogP) is 3.10. The van der Waals surface area contributed by atoms with E-state index in [9.17, 15) is 17.6 Å². The zero-order valence-electron chi connectivity index (χ0n) is 11.0. The Balaban J connectivity index is 2.86. The maximum absolute atomic E-state index is 13.2. The molecule has 0 radical (unpaired) electrons. The van der Waals surface area contributed by atoms with Crippen LogP contribution in [0.4, 0.5) is 23.2 Å². The molecule has 2 nitrogen and oxygen atoms in total. The highest BCUT2D eigenvalue weighted by Crippen LogP contribution is 2.25. The molecule has 19 heavy (non-hydrogen) atoms. The van der Waals surface area contributed by atoms with Crippen molar-refractivity contribution in [3.05, 3.63) is 29.6 Å². The molecular weight excluding hydrogens is 260 g/mol. The summed E-state index contributed by atoms with van der Waals surface area (Å²) in [5, 5.41) is 0. The molecule has 2 N–H and O–H groups in total. The molecule has 1 aromatic rings. The summed E-state index contributed by atoms with van der Waals surface area (Å²) in [5.41, 5.74) is 6.88. The van der Waals surface area contributed by atoms with Gasteiger partial charge in [-0.3, -0.25) is 0 Å². The van der Waals surface area contributed by atoms with E-state index >= 15 is 0 Å². The highest BCUT2D eigenvalue weighted by Gasteiger charge is 2.27. The lowest BCUT2D eigenvalue weighted by molar-refractivity contribution is -0.132. The zero-order valence-corrected chi connectivity index (χ0v) is 11.0. The van der Waals surface area contributed by atoms with Crippen molar-refractivity contribution < 1.29 is 17.6 Å². The van der Waals surface area contributed by atoms with Crippen molar-refractivity contribution in [2.75, 3.05) is 18.5 Å². The van der Waals surface area contributed by atoms with Gasteiger partial charge >= 0.3 is 6.18 Å². The smallest absolute Gasteiger partial charge is 0.374 e. The van der Waals surface area contributed by atoms with E-state index in [1.165, 1.54) is 23.1 Å². The number of halogens is 4. The van der Waals surface area contributed by atoms with Crippen LogP contribution in [0.1, 0.15) is 18.9 Å². The number of benzene rings is 1. The van der Waals surface area contributed by atoms with E-state index in [4.69, 9.17) is 5.73 Å². The Morgan fingerprint density at radius 2 is 1.95 bits per heavy atom. The van der Waals surface area contributed by atoms with Crippen LogP contribution >= 0.6 is 0 Å². The third kappa shape index (κ3) is 5.46. The number of nitrogens with zero attached hydrogens (tertiary/aromatic N) is 1. The summed E-state index contributed by atoms with van der Waals surface area (Å²) < 4.78 is 49.8. The maximum Gasteiger partial charge on any atom is 0.390 e. The van der Waals surface area contributed by atoms with Gasteiger partial charge in [-0.15, -0.1) is 0 Å². The van der Waals surface area contributed by atoms with Crippen LogP contribution in [-0.2, 0) is 6.42 Å². The normalized spacial score (nSPS) is 13.4. The second-order valence-electron chi connectivity index (χ2n) is 4.74. The summed E-state index contributed by atoms with van der Waals surface area (Å²) in [6.45, 7) is 1.60. The molecular formula is C13H18F4N2. The molecule has 0 amide bonds. The van der Waals surface area contributed by atoms with Crippen LogP contribution in [0.2, 0.25) is 0 Å². The minimum atomic E-state index is -4.20. The number of hydrogen-bond acceptors (Lipinski definition) is 2. The lowest BCUT2D eigenvalue weighted by atomic mass is 10.0. The van der Waals surface area contributed by atoms with Crippen LogP contribution in [0, 0.1) is 5.82 Å². The van der Waals surface area contributed by atoms with E-state index in [0.29, 0.717) is 17.7 Å². The topological polar surface area (TPSA) is 29.3 Å². The van der Waals surface area contributed by atoms with Crippen LogP contribution in [-0.4, -0.2) is 25.8 Å². The lowest BCUT2D eigenvalue weighted by Crippen LogP contribution is -2.26. The number of rotatable bonds is 5. The van der Waals surface area contributed by atoms with Crippen LogP contribution in [0.15, 0.2) is 18.2 Å². The molecule has 108 valence electrons. The Labute approximate surface area is 110 Å². The summed E-state index contributed by atoms with van der Waals surface area (Å²) in [7, 11) is 1.56. The molecule has 1 rings (SSSR count). The van der Waals surface area contributed by atoms with Gasteiger partial charge in [0.2, 0.25) is 0 Å². The molecule has 6 heteroatoms. The number of alkyl halides is 3. The molecule has 1 atom stereocenters. The zero-order chi connectivity index (χ0) is 14.6. The van der Waals surface area contributed by atoms with Crippen molar-refractivity contribution in [1.82, 2.24) is 0 Å². The molecule has 0 spiro atoms. The van der Waals surface area contributed by atoms with Gasteiger partial charge < -0.3 is 10.6 Å². The van der Waals surface area contributed by atoms with E-state index in [-0.39, 0.29) is 12.6 Å². The van der Waals surface area contributed by atoms with E-state index in [1.807, 2.05) is 0 Å². The van der Waals surface area contributed by atoms with Crippen LogP contribution in [0.25, 0.3) is 0 Å². The van der Waals surface area contributed by atoms with Crippen molar-refractivity contribution in [1.29, 1.82) is 0 Å². The van der Waals surface area contributed by atoms with Crippen LogP contribution in [0.3, 0.4) is 0 Å². The number of nitrogens with two attached hydrogens (primary N) is 1. The Morgan fingerprint density at radius 3 is 2.47 bits per heavy atom. The molecule has 0 aliphatic heterocycles. The largest absolute Gasteiger partial charge is 0.390 e. The Kier molecular flexibility index (Phi) is 5.17. The van der Waals surface area contributed by atoms with Crippen molar-refractivity contribution in [2.24, 2.45) is 5.73 Å². The molecule has 1 unspecified atom stereocenters. The van der Waals surface area contributed by atoms with E-state index < -0.39 is 18.4 Å². The fraction of sp³-hybridized carbons (Fsp3) is 0.538. The first-order chi connectivity index (χ1) is 8.69. The maximum atomic E-state index is 13.2. The monoisotopic (exact) mass is 278 g/mol. The SMILES string of the molecule is CC(N)Cc1cc(F)ccc1N(C)CCC(F)(F)F. The van der Waals surface area contributed by atoms with Gasteiger partial charge in [0.25, 0.3) is 0 Å². The van der Waals surface area contributed by atoms with Gasteiger partial charge in [0.15, 0.2) is 0 Å². The summed E-state index contributed by atoms with van der Waals surface area (Å²) in [4.78, 5) is 1.48. The van der Waals surface area contributed by atoms with E-state index in [2.05, 4.69) is 0 Å². The second kappa shape index (κ2) is 6.23. The minimum Gasteiger partial charge on any atom is -0.374 e. The van der Waals surface area contributed by atoms with Gasteiger partial charge in [-0.05, 0) is 37.1 Å². The van der Waals surface area contributed by atoms with Gasteiger partial charge in [0, 0.05) is 25.3 Å². The Bertz CT molecular complexity index is 416. The van der Waals surface area contributed by atoms with E-state index in [1.54, 1.807) is 14.0 Å². The third-order valence-electron chi connectivity index (χ3n) is 2.73. The van der Waals surface area contributed by atoms with Crippen molar-refractivity contribution >= 4 is 5.69 Å². The predicted molar refractivity (Wildman–Crippen MR) is 67.7 cm³/mol. The highest BCUT2D eigenvalue weighted by atomic mass is 19.4. The minimum absolute atomic E-state index is 0.166. The molecule has 0 fully saturated rings. The first-order valence-electron chi connectivity index (χ1n) is 6.01. The summed E-state index contributed by atoms with van der Waals surface area (Å²) in [6, 6.07) is 3.87. The van der Waals surface area contributed by atoms with Crippen LogP contribution in [0.5, 0.6) is 0 Å². The first-order valence-corrected chi connectivity index (χ1v) is 6.01. The second-order valence-corrected chi connectivity index (χ2v) is 4.74. The quantitative estimate of drug-likeness (QED) is 0.839. The standard InChI is InChI=1S/C13H18F4N2/c1-9(18)7-10-8-11(14)3-4-12(10)19(2)6-5-13(15,16)17/h3-4,8-9H,5-7,18H2,1-2H3. The fourth-order valence-electron chi connectivity index (χ4n) is 1.85. The van der Waals surface area contributed by atoms with Crippen LogP contribution < -0.4 is 10.6 Å². The summed E-state index contributed by atoms with van der Waals surface area (Å²) >= 11 is 0. The molecule has 0 bridgehead atoms. The lowest BCUT2D eigenvalue weighted by Gasteiger charge is -2.24. The summed E-state index contributed by atoms with van der Waals surface area (Å²) in [5.74, 6) is -0.413. The highest BCUT2D eigenvalue weighted by molar-refractivity contribution is 5.53.